The van der Waals surface area contributed by atoms with Gasteiger partial charge in [-0.15, -0.1) is 0 Å². The molecule has 0 aromatic heterocycles. The first kappa shape index (κ1) is 10.8. The van der Waals surface area contributed by atoms with E-state index in [1.807, 2.05) is 0 Å². The number of halogens is 4. The summed E-state index contributed by atoms with van der Waals surface area (Å²) in [5.74, 6) is 0. The van der Waals surface area contributed by atoms with Gasteiger partial charge < -0.3 is 0 Å². The van der Waals surface area contributed by atoms with Crippen molar-refractivity contribution in [2.24, 2.45) is 0 Å². The molecule has 0 aliphatic heterocycles. The van der Waals surface area contributed by atoms with E-state index in [9.17, 15) is 0 Å². The fraction of sp³-hybridized carbons (Fsp3) is 1.00. The average Bonchev–Trinajstić information content (AvgIpc) is 0.722. The lowest BCUT2D eigenvalue weighted by atomic mass is 11.8. The Morgan fingerprint density at radius 1 is 0.833 bits per heavy atom. The highest BCUT2D eigenvalue weighted by atomic mass is 35.6. The second kappa shape index (κ2) is 3.87. The molecule has 5 heteroatoms. The van der Waals surface area contributed by atoms with Crippen LogP contribution in [0.1, 0.15) is 0 Å². The van der Waals surface area contributed by atoms with Gasteiger partial charge in [0.25, 0.3) is 3.25 Å². The van der Waals surface area contributed by atoms with Crippen LogP contribution in [0, 0.1) is 0 Å². The molecular weight excluding hydrogens is 178 g/mol. The summed E-state index contributed by atoms with van der Waals surface area (Å²) >= 11 is 19.3. The minimum absolute atomic E-state index is 0. The van der Waals surface area contributed by atoms with Crippen LogP contribution in [0.15, 0.2) is 0 Å². The van der Waals surface area contributed by atoms with Crippen LogP contribution in [0.3, 0.4) is 0 Å². The average molecular weight is 180 g/mol. The second-order valence-electron chi connectivity index (χ2n) is 0.429. The molecule has 0 radical (unpaired) electrons. The van der Waals surface area contributed by atoms with E-state index >= 15 is 0 Å². The van der Waals surface area contributed by atoms with Crippen LogP contribution in [0.25, 0.3) is 0 Å². The maximum absolute atomic E-state index is 4.83. The Morgan fingerprint density at radius 2 is 0.833 bits per heavy atom. The van der Waals surface area contributed by atoms with Crippen LogP contribution < -0.4 is 0 Å². The number of alkyl halides is 4. The SMILES string of the molecule is ClC(Cl)(Cl)Cl.[MgH2]. The Morgan fingerprint density at radius 3 is 0.833 bits per heavy atom. The van der Waals surface area contributed by atoms with Gasteiger partial charge in [0.1, 0.15) is 0 Å². The lowest BCUT2D eigenvalue weighted by Gasteiger charge is -1.91. The van der Waals surface area contributed by atoms with E-state index in [4.69, 9.17) is 46.4 Å². The van der Waals surface area contributed by atoms with Crippen LogP contribution in [-0.2, 0) is 0 Å². The van der Waals surface area contributed by atoms with E-state index in [0.717, 1.165) is 0 Å². The molecule has 36 valence electrons. The fourth-order valence-corrected chi connectivity index (χ4v) is 0. The number of hydrogen-bond donors (Lipinski definition) is 0. The van der Waals surface area contributed by atoms with Crippen molar-refractivity contribution in [2.75, 3.05) is 0 Å². The van der Waals surface area contributed by atoms with Crippen molar-refractivity contribution in [1.29, 1.82) is 0 Å². The molecule has 0 spiro atoms. The van der Waals surface area contributed by atoms with Gasteiger partial charge in [0, 0.05) is 0 Å². The van der Waals surface area contributed by atoms with Crippen molar-refractivity contribution in [3.05, 3.63) is 0 Å². The molecule has 0 rings (SSSR count). The molecule has 0 bridgehead atoms. The van der Waals surface area contributed by atoms with Gasteiger partial charge in [0.2, 0.25) is 0 Å². The minimum Gasteiger partial charge on any atom is -0.0664 e. The van der Waals surface area contributed by atoms with Gasteiger partial charge in [-0.05, 0) is 0 Å². The van der Waals surface area contributed by atoms with Crippen molar-refractivity contribution in [1.82, 2.24) is 0 Å². The molecule has 6 heavy (non-hydrogen) atoms. The summed E-state index contributed by atoms with van der Waals surface area (Å²) in [5.41, 5.74) is 0. The molecule has 0 atom stereocenters. The van der Waals surface area contributed by atoms with Crippen molar-refractivity contribution in [3.8, 4) is 0 Å². The van der Waals surface area contributed by atoms with Crippen molar-refractivity contribution in [2.45, 2.75) is 3.25 Å². The first-order valence-corrected chi connectivity index (χ1v) is 2.27. The van der Waals surface area contributed by atoms with Crippen LogP contribution in [0.4, 0.5) is 0 Å². The molecule has 0 aliphatic carbocycles. The molecule has 0 aromatic carbocycles. The molecule has 0 saturated carbocycles. The largest absolute Gasteiger partial charge is 0.316 e. The quantitative estimate of drug-likeness (QED) is 0.392. The first-order chi connectivity index (χ1) is 2.00. The third-order valence-electron chi connectivity index (χ3n) is 0. The van der Waals surface area contributed by atoms with E-state index in [0.29, 0.717) is 0 Å². The molecule has 0 nitrogen and oxygen atoms in total. The van der Waals surface area contributed by atoms with E-state index in [-0.39, 0.29) is 23.1 Å². The van der Waals surface area contributed by atoms with E-state index in [2.05, 4.69) is 0 Å². The Hall–Kier alpha value is 1.93. The normalized spacial score (nSPS) is 10.0. The van der Waals surface area contributed by atoms with Gasteiger partial charge in [0.05, 0.1) is 0 Å². The third kappa shape index (κ3) is 38.8. The predicted octanol–water partition coefficient (Wildman–Crippen LogP) is 1.64. The molecule has 0 aromatic rings. The fourth-order valence-electron chi connectivity index (χ4n) is 0. The summed E-state index contributed by atoms with van der Waals surface area (Å²) in [6.07, 6.45) is 0. The topological polar surface area (TPSA) is 0 Å². The van der Waals surface area contributed by atoms with Crippen LogP contribution in [0.2, 0.25) is 0 Å². The number of rotatable bonds is 0. The first-order valence-electron chi connectivity index (χ1n) is 0.756. The van der Waals surface area contributed by atoms with Gasteiger partial charge in [-0.25, -0.2) is 0 Å². The molecule has 0 amide bonds. The Labute approximate surface area is 72.2 Å². The zero-order valence-electron chi connectivity index (χ0n) is 2.01. The summed E-state index contributed by atoms with van der Waals surface area (Å²) in [6, 6.07) is 0. The Balaban J connectivity index is 0. The summed E-state index contributed by atoms with van der Waals surface area (Å²) < 4.78 is -1.61. The Kier molecular flexibility index (Phi) is 6.99. The van der Waals surface area contributed by atoms with Crippen molar-refractivity contribution >= 4 is 69.5 Å². The maximum atomic E-state index is 4.83. The van der Waals surface area contributed by atoms with Crippen molar-refractivity contribution < 1.29 is 0 Å². The molecule has 0 heterocycles. The zero-order valence-corrected chi connectivity index (χ0v) is 5.04. The predicted molar refractivity (Wildman–Crippen MR) is 34.7 cm³/mol. The van der Waals surface area contributed by atoms with Gasteiger partial charge in [-0.1, -0.05) is 46.4 Å². The minimum atomic E-state index is -1.61. The van der Waals surface area contributed by atoms with Gasteiger partial charge in [-0.3, -0.25) is 0 Å². The molecule has 0 unspecified atom stereocenters. The summed E-state index contributed by atoms with van der Waals surface area (Å²) in [4.78, 5) is 0. The smallest absolute Gasteiger partial charge is 0.0664 e. The Bertz CT molecular complexity index is 23.0. The highest BCUT2D eigenvalue weighted by Crippen LogP contribution is 2.29. The molecular formula is CH2Cl4Mg. The molecule has 0 fully saturated rings. The van der Waals surface area contributed by atoms with Gasteiger partial charge >= 0.3 is 23.1 Å². The van der Waals surface area contributed by atoms with Crippen LogP contribution in [-0.4, -0.2) is 26.3 Å². The van der Waals surface area contributed by atoms with Crippen molar-refractivity contribution in [3.63, 3.8) is 0 Å². The second-order valence-corrected chi connectivity index (χ2v) is 3.86. The van der Waals surface area contributed by atoms with Crippen LogP contribution >= 0.6 is 46.4 Å². The molecule has 0 N–H and O–H groups in total. The van der Waals surface area contributed by atoms with Gasteiger partial charge in [0.15, 0.2) is 0 Å². The van der Waals surface area contributed by atoms with Gasteiger partial charge in [-0.2, -0.15) is 0 Å². The monoisotopic (exact) mass is 178 g/mol. The lowest BCUT2D eigenvalue weighted by Crippen LogP contribution is -1.81. The van der Waals surface area contributed by atoms with E-state index in [1.54, 1.807) is 0 Å². The third-order valence-corrected chi connectivity index (χ3v) is 0. The molecule has 0 saturated heterocycles. The van der Waals surface area contributed by atoms with E-state index in [1.165, 1.54) is 0 Å². The summed E-state index contributed by atoms with van der Waals surface area (Å²) in [7, 11) is 0. The highest BCUT2D eigenvalue weighted by Gasteiger charge is 2.11. The van der Waals surface area contributed by atoms with E-state index < -0.39 is 3.25 Å². The zero-order chi connectivity index (χ0) is 4.50. The summed E-state index contributed by atoms with van der Waals surface area (Å²) in [6.45, 7) is 0. The number of hydrogen-bond acceptors (Lipinski definition) is 0. The molecule has 0 aliphatic rings. The summed E-state index contributed by atoms with van der Waals surface area (Å²) in [5, 5.41) is 0. The lowest BCUT2D eigenvalue weighted by molar-refractivity contribution is 1.76. The highest BCUT2D eigenvalue weighted by molar-refractivity contribution is 6.83. The standard InChI is InChI=1S/CCl4.Mg.2H/c2-1(3,4)5;;;. The van der Waals surface area contributed by atoms with Crippen LogP contribution in [0.5, 0.6) is 0 Å². The maximum Gasteiger partial charge on any atom is 0.316 e.